The van der Waals surface area contributed by atoms with Crippen LogP contribution < -0.4 is 5.73 Å². The highest BCUT2D eigenvalue weighted by molar-refractivity contribution is 7.91. The van der Waals surface area contributed by atoms with Crippen molar-refractivity contribution < 1.29 is 12.8 Å². The smallest absolute Gasteiger partial charge is 0.183 e. The van der Waals surface area contributed by atoms with Gasteiger partial charge in [0.1, 0.15) is 10.7 Å². The van der Waals surface area contributed by atoms with E-state index in [9.17, 15) is 12.8 Å². The van der Waals surface area contributed by atoms with Gasteiger partial charge < -0.3 is 5.73 Å². The number of halogens is 1. The summed E-state index contributed by atoms with van der Waals surface area (Å²) in [7, 11) is -3.77. The van der Waals surface area contributed by atoms with Crippen LogP contribution in [-0.2, 0) is 9.84 Å². The number of hydrogen-bond acceptors (Lipinski definition) is 3. The Bertz CT molecular complexity index is 757. The lowest BCUT2D eigenvalue weighted by Gasteiger charge is -2.16. The number of aryl methyl sites for hydroxylation is 2. The van der Waals surface area contributed by atoms with E-state index in [1.807, 2.05) is 32.0 Å². The summed E-state index contributed by atoms with van der Waals surface area (Å²) in [6.45, 7) is 3.80. The molecule has 0 bridgehead atoms. The van der Waals surface area contributed by atoms with E-state index in [0.29, 0.717) is 0 Å². The molecule has 0 aromatic heterocycles. The SMILES string of the molecule is Cc1ccc(C)c(C(N)CS(=O)(=O)c2ccccc2F)c1. The summed E-state index contributed by atoms with van der Waals surface area (Å²) < 4.78 is 38.3. The van der Waals surface area contributed by atoms with Crippen molar-refractivity contribution in [2.75, 3.05) is 5.75 Å². The van der Waals surface area contributed by atoms with Crippen molar-refractivity contribution in [1.29, 1.82) is 0 Å². The summed E-state index contributed by atoms with van der Waals surface area (Å²) in [5.74, 6) is -1.07. The average Bonchev–Trinajstić information content (AvgIpc) is 2.41. The highest BCUT2D eigenvalue weighted by Crippen LogP contribution is 2.23. The molecule has 1 unspecified atom stereocenters. The summed E-state index contributed by atoms with van der Waals surface area (Å²) in [4.78, 5) is -0.300. The Morgan fingerprint density at radius 1 is 1.14 bits per heavy atom. The molecule has 0 heterocycles. The van der Waals surface area contributed by atoms with Gasteiger partial charge in [0, 0.05) is 6.04 Å². The first-order chi connectivity index (χ1) is 9.81. The van der Waals surface area contributed by atoms with Crippen LogP contribution in [0.5, 0.6) is 0 Å². The lowest BCUT2D eigenvalue weighted by Crippen LogP contribution is -2.23. The van der Waals surface area contributed by atoms with Gasteiger partial charge in [0.05, 0.1) is 5.75 Å². The van der Waals surface area contributed by atoms with E-state index in [-0.39, 0.29) is 10.6 Å². The maximum absolute atomic E-state index is 13.7. The first kappa shape index (κ1) is 15.7. The molecule has 0 aliphatic carbocycles. The first-order valence-corrected chi connectivity index (χ1v) is 8.26. The number of sulfone groups is 1. The van der Waals surface area contributed by atoms with Crippen LogP contribution in [0.2, 0.25) is 0 Å². The van der Waals surface area contributed by atoms with Gasteiger partial charge in [-0.2, -0.15) is 0 Å². The van der Waals surface area contributed by atoms with Crippen molar-refractivity contribution in [3.8, 4) is 0 Å². The number of nitrogens with two attached hydrogens (primary N) is 1. The van der Waals surface area contributed by atoms with Gasteiger partial charge in [-0.1, -0.05) is 35.9 Å². The molecule has 0 radical (unpaired) electrons. The van der Waals surface area contributed by atoms with E-state index in [1.165, 1.54) is 18.2 Å². The van der Waals surface area contributed by atoms with Crippen molar-refractivity contribution in [2.45, 2.75) is 24.8 Å². The van der Waals surface area contributed by atoms with Gasteiger partial charge in [0.2, 0.25) is 0 Å². The molecule has 0 saturated heterocycles. The molecular formula is C16H18FNO2S. The third-order valence-corrected chi connectivity index (χ3v) is 5.20. The average molecular weight is 307 g/mol. The van der Waals surface area contributed by atoms with Crippen LogP contribution in [0.1, 0.15) is 22.7 Å². The van der Waals surface area contributed by atoms with Gasteiger partial charge in [-0.3, -0.25) is 0 Å². The monoisotopic (exact) mass is 307 g/mol. The lowest BCUT2D eigenvalue weighted by atomic mass is 10.0. The molecule has 0 amide bonds. The summed E-state index contributed by atoms with van der Waals surface area (Å²) in [6, 6.07) is 10.4. The summed E-state index contributed by atoms with van der Waals surface area (Å²) in [5, 5.41) is 0. The Kier molecular flexibility index (Phi) is 4.44. The Morgan fingerprint density at radius 2 is 1.81 bits per heavy atom. The molecule has 3 nitrogen and oxygen atoms in total. The topological polar surface area (TPSA) is 60.2 Å². The summed E-state index contributed by atoms with van der Waals surface area (Å²) >= 11 is 0. The predicted octanol–water partition coefficient (Wildman–Crippen LogP) is 2.92. The van der Waals surface area contributed by atoms with Crippen LogP contribution in [0.25, 0.3) is 0 Å². The van der Waals surface area contributed by atoms with Crippen molar-refractivity contribution in [1.82, 2.24) is 0 Å². The molecule has 0 saturated carbocycles. The van der Waals surface area contributed by atoms with Crippen LogP contribution in [0.15, 0.2) is 47.4 Å². The Balaban J connectivity index is 2.33. The number of hydrogen-bond donors (Lipinski definition) is 1. The van der Waals surface area contributed by atoms with E-state index in [1.54, 1.807) is 0 Å². The maximum atomic E-state index is 13.7. The zero-order valence-corrected chi connectivity index (χ0v) is 12.8. The van der Waals surface area contributed by atoms with E-state index in [0.717, 1.165) is 22.8 Å². The minimum atomic E-state index is -3.77. The van der Waals surface area contributed by atoms with Crippen molar-refractivity contribution in [3.63, 3.8) is 0 Å². The second-order valence-corrected chi connectivity index (χ2v) is 7.18. The molecule has 5 heteroatoms. The van der Waals surface area contributed by atoms with Crippen LogP contribution in [-0.4, -0.2) is 14.2 Å². The lowest BCUT2D eigenvalue weighted by molar-refractivity contribution is 0.562. The quantitative estimate of drug-likeness (QED) is 0.944. The van der Waals surface area contributed by atoms with Gasteiger partial charge in [0.25, 0.3) is 0 Å². The fourth-order valence-electron chi connectivity index (χ4n) is 2.27. The van der Waals surface area contributed by atoms with Gasteiger partial charge in [-0.15, -0.1) is 0 Å². The van der Waals surface area contributed by atoms with Crippen LogP contribution in [0, 0.1) is 19.7 Å². The summed E-state index contributed by atoms with van der Waals surface area (Å²) in [6.07, 6.45) is 0. The van der Waals surface area contributed by atoms with E-state index >= 15 is 0 Å². The molecule has 1 atom stereocenters. The molecule has 2 rings (SSSR count). The number of rotatable bonds is 4. The minimum Gasteiger partial charge on any atom is -0.323 e. The molecule has 2 aromatic rings. The van der Waals surface area contributed by atoms with Crippen molar-refractivity contribution >= 4 is 9.84 Å². The van der Waals surface area contributed by atoms with Gasteiger partial charge in [0.15, 0.2) is 9.84 Å². The molecule has 0 aliphatic heterocycles. The molecule has 112 valence electrons. The highest BCUT2D eigenvalue weighted by atomic mass is 32.2. The molecule has 21 heavy (non-hydrogen) atoms. The van der Waals surface area contributed by atoms with E-state index in [2.05, 4.69) is 0 Å². The first-order valence-electron chi connectivity index (χ1n) is 6.61. The molecule has 2 aromatic carbocycles. The molecule has 0 aliphatic rings. The second-order valence-electron chi connectivity index (χ2n) is 5.18. The van der Waals surface area contributed by atoms with E-state index in [4.69, 9.17) is 5.73 Å². The van der Waals surface area contributed by atoms with Gasteiger partial charge >= 0.3 is 0 Å². The van der Waals surface area contributed by atoms with Crippen LogP contribution >= 0.6 is 0 Å². The number of benzene rings is 2. The Morgan fingerprint density at radius 3 is 2.48 bits per heavy atom. The van der Waals surface area contributed by atoms with E-state index < -0.39 is 21.7 Å². The second kappa shape index (κ2) is 5.95. The molecule has 2 N–H and O–H groups in total. The zero-order chi connectivity index (χ0) is 15.6. The van der Waals surface area contributed by atoms with Gasteiger partial charge in [-0.25, -0.2) is 12.8 Å². The van der Waals surface area contributed by atoms with Crippen LogP contribution in [0.4, 0.5) is 4.39 Å². The Hall–Kier alpha value is -1.72. The maximum Gasteiger partial charge on any atom is 0.183 e. The Labute approximate surface area is 124 Å². The highest BCUT2D eigenvalue weighted by Gasteiger charge is 2.23. The third-order valence-electron chi connectivity index (χ3n) is 3.40. The summed E-state index contributed by atoms with van der Waals surface area (Å²) in [5.41, 5.74) is 8.75. The van der Waals surface area contributed by atoms with Crippen molar-refractivity contribution in [3.05, 3.63) is 65.0 Å². The molecule has 0 spiro atoms. The third kappa shape index (κ3) is 3.49. The largest absolute Gasteiger partial charge is 0.323 e. The normalized spacial score (nSPS) is 13.1. The fourth-order valence-corrected chi connectivity index (χ4v) is 3.76. The predicted molar refractivity (Wildman–Crippen MR) is 81.3 cm³/mol. The standard InChI is InChI=1S/C16H18FNO2S/c1-11-7-8-12(2)13(9-11)15(18)10-21(19,20)16-6-4-3-5-14(16)17/h3-9,15H,10,18H2,1-2H3. The fraction of sp³-hybridized carbons (Fsp3) is 0.250. The van der Waals surface area contributed by atoms with Crippen LogP contribution in [0.3, 0.4) is 0 Å². The molecular weight excluding hydrogens is 289 g/mol. The zero-order valence-electron chi connectivity index (χ0n) is 12.0. The van der Waals surface area contributed by atoms with Gasteiger partial charge in [-0.05, 0) is 37.1 Å². The molecule has 0 fully saturated rings. The van der Waals surface area contributed by atoms with Crippen molar-refractivity contribution in [2.24, 2.45) is 5.73 Å². The minimum absolute atomic E-state index is 0.300.